The van der Waals surface area contributed by atoms with Crippen molar-refractivity contribution in [1.29, 1.82) is 0 Å². The zero-order valence-corrected chi connectivity index (χ0v) is 13.4. The molecule has 0 fully saturated rings. The Morgan fingerprint density at radius 1 is 0.842 bits per heavy atom. The van der Waals surface area contributed by atoms with Gasteiger partial charge >= 0.3 is 5.97 Å². The molecule has 19 heavy (non-hydrogen) atoms. The SMILES string of the molecule is CCCCCCC(CCCCC)COC(=O)CCC. The molecule has 2 heteroatoms. The second kappa shape index (κ2) is 13.9. The molecule has 0 amide bonds. The Kier molecular flexibility index (Phi) is 13.5. The average molecular weight is 270 g/mol. The van der Waals surface area contributed by atoms with Crippen molar-refractivity contribution < 1.29 is 9.53 Å². The fraction of sp³-hybridized carbons (Fsp3) is 0.941. The lowest BCUT2D eigenvalue weighted by atomic mass is 9.95. The van der Waals surface area contributed by atoms with Gasteiger partial charge in [-0.05, 0) is 25.2 Å². The molecule has 1 unspecified atom stereocenters. The monoisotopic (exact) mass is 270 g/mol. The number of rotatable bonds is 13. The molecule has 0 spiro atoms. The summed E-state index contributed by atoms with van der Waals surface area (Å²) in [4.78, 5) is 11.4. The molecule has 0 rings (SSSR count). The quantitative estimate of drug-likeness (QED) is 0.326. The Morgan fingerprint density at radius 2 is 1.42 bits per heavy atom. The van der Waals surface area contributed by atoms with Gasteiger partial charge in [-0.2, -0.15) is 0 Å². The van der Waals surface area contributed by atoms with Gasteiger partial charge in [0.15, 0.2) is 0 Å². The molecule has 0 bridgehead atoms. The molecule has 0 saturated heterocycles. The summed E-state index contributed by atoms with van der Waals surface area (Å²) in [5, 5.41) is 0. The van der Waals surface area contributed by atoms with Crippen LogP contribution in [0.4, 0.5) is 0 Å². The van der Waals surface area contributed by atoms with Gasteiger partial charge in [0.25, 0.3) is 0 Å². The van der Waals surface area contributed by atoms with Crippen LogP contribution in [0.1, 0.15) is 91.4 Å². The summed E-state index contributed by atoms with van der Waals surface area (Å²) in [6, 6.07) is 0. The molecule has 0 aliphatic rings. The van der Waals surface area contributed by atoms with Crippen LogP contribution in [0.3, 0.4) is 0 Å². The van der Waals surface area contributed by atoms with Crippen molar-refractivity contribution in [2.75, 3.05) is 6.61 Å². The molecule has 0 heterocycles. The van der Waals surface area contributed by atoms with Crippen LogP contribution in [-0.2, 0) is 9.53 Å². The molecule has 0 aromatic carbocycles. The molecule has 0 aromatic heterocycles. The van der Waals surface area contributed by atoms with E-state index in [1.807, 2.05) is 6.92 Å². The molecule has 0 saturated carbocycles. The van der Waals surface area contributed by atoms with E-state index in [1.54, 1.807) is 0 Å². The highest BCUT2D eigenvalue weighted by molar-refractivity contribution is 5.69. The van der Waals surface area contributed by atoms with E-state index < -0.39 is 0 Å². The number of hydrogen-bond donors (Lipinski definition) is 0. The van der Waals surface area contributed by atoms with E-state index in [0.717, 1.165) is 6.42 Å². The number of carbonyl (C=O) groups is 1. The van der Waals surface area contributed by atoms with E-state index in [0.29, 0.717) is 18.9 Å². The van der Waals surface area contributed by atoms with E-state index in [1.165, 1.54) is 57.8 Å². The summed E-state index contributed by atoms with van der Waals surface area (Å²) in [6.45, 7) is 7.14. The van der Waals surface area contributed by atoms with Crippen molar-refractivity contribution in [2.45, 2.75) is 91.4 Å². The van der Waals surface area contributed by atoms with Gasteiger partial charge < -0.3 is 4.74 Å². The molecule has 114 valence electrons. The number of ether oxygens (including phenoxy) is 1. The van der Waals surface area contributed by atoms with Gasteiger partial charge in [-0.3, -0.25) is 4.79 Å². The number of hydrogen-bond acceptors (Lipinski definition) is 2. The number of carbonyl (C=O) groups excluding carboxylic acids is 1. The third kappa shape index (κ3) is 12.3. The highest BCUT2D eigenvalue weighted by atomic mass is 16.5. The Hall–Kier alpha value is -0.530. The van der Waals surface area contributed by atoms with Crippen LogP contribution in [0.15, 0.2) is 0 Å². The summed E-state index contributed by atoms with van der Waals surface area (Å²) in [6.07, 6.45) is 13.0. The maximum absolute atomic E-state index is 11.4. The van der Waals surface area contributed by atoms with Crippen LogP contribution in [0.5, 0.6) is 0 Å². The lowest BCUT2D eigenvalue weighted by molar-refractivity contribution is -0.145. The van der Waals surface area contributed by atoms with Crippen LogP contribution in [0, 0.1) is 5.92 Å². The van der Waals surface area contributed by atoms with Crippen LogP contribution in [0.2, 0.25) is 0 Å². The molecule has 0 aliphatic heterocycles. The van der Waals surface area contributed by atoms with Crippen molar-refractivity contribution in [3.8, 4) is 0 Å². The molecule has 0 aliphatic carbocycles. The first kappa shape index (κ1) is 18.5. The third-order valence-corrected chi connectivity index (χ3v) is 3.62. The van der Waals surface area contributed by atoms with Crippen LogP contribution in [0.25, 0.3) is 0 Å². The largest absolute Gasteiger partial charge is 0.465 e. The number of esters is 1. The topological polar surface area (TPSA) is 26.3 Å². The van der Waals surface area contributed by atoms with Crippen molar-refractivity contribution in [2.24, 2.45) is 5.92 Å². The Balaban J connectivity index is 3.84. The first-order valence-corrected chi connectivity index (χ1v) is 8.40. The van der Waals surface area contributed by atoms with Gasteiger partial charge in [-0.25, -0.2) is 0 Å². The average Bonchev–Trinajstić information content (AvgIpc) is 2.40. The molecular formula is C17H34O2. The van der Waals surface area contributed by atoms with Crippen LogP contribution in [-0.4, -0.2) is 12.6 Å². The van der Waals surface area contributed by atoms with E-state index in [4.69, 9.17) is 4.74 Å². The summed E-state index contributed by atoms with van der Waals surface area (Å²) in [5.74, 6) is 0.570. The second-order valence-electron chi connectivity index (χ2n) is 5.64. The first-order valence-electron chi connectivity index (χ1n) is 8.40. The van der Waals surface area contributed by atoms with Gasteiger partial charge in [0.05, 0.1) is 6.61 Å². The standard InChI is InChI=1S/C17H34O2/c1-4-7-9-11-14-16(13-10-8-5-2)15-19-17(18)12-6-3/h16H,4-15H2,1-3H3. The normalized spacial score (nSPS) is 12.4. The van der Waals surface area contributed by atoms with Gasteiger partial charge in [0.2, 0.25) is 0 Å². The zero-order valence-electron chi connectivity index (χ0n) is 13.4. The molecule has 1 atom stereocenters. The van der Waals surface area contributed by atoms with Crippen LogP contribution < -0.4 is 0 Å². The first-order chi connectivity index (χ1) is 9.24. The van der Waals surface area contributed by atoms with Gasteiger partial charge in [-0.1, -0.05) is 65.7 Å². The van der Waals surface area contributed by atoms with Gasteiger partial charge in [0.1, 0.15) is 0 Å². The van der Waals surface area contributed by atoms with Crippen LogP contribution >= 0.6 is 0 Å². The minimum Gasteiger partial charge on any atom is -0.465 e. The minimum atomic E-state index is -0.0171. The minimum absolute atomic E-state index is 0.0171. The molecule has 0 radical (unpaired) electrons. The van der Waals surface area contributed by atoms with Crippen molar-refractivity contribution in [1.82, 2.24) is 0 Å². The van der Waals surface area contributed by atoms with E-state index in [2.05, 4.69) is 13.8 Å². The Morgan fingerprint density at radius 3 is 2.00 bits per heavy atom. The van der Waals surface area contributed by atoms with Crippen molar-refractivity contribution >= 4 is 5.97 Å². The fourth-order valence-electron chi connectivity index (χ4n) is 2.34. The third-order valence-electron chi connectivity index (χ3n) is 3.62. The lowest BCUT2D eigenvalue weighted by Gasteiger charge is -2.17. The predicted octanol–water partition coefficient (Wildman–Crippen LogP) is 5.50. The predicted molar refractivity (Wildman–Crippen MR) is 82.3 cm³/mol. The molecular weight excluding hydrogens is 236 g/mol. The summed E-state index contributed by atoms with van der Waals surface area (Å²) in [5.41, 5.74) is 0. The molecule has 2 nitrogen and oxygen atoms in total. The lowest BCUT2D eigenvalue weighted by Crippen LogP contribution is -2.14. The molecule has 0 aromatic rings. The molecule has 0 N–H and O–H groups in total. The van der Waals surface area contributed by atoms with E-state index >= 15 is 0 Å². The Bertz CT molecular complexity index is 201. The number of unbranched alkanes of at least 4 members (excludes halogenated alkanes) is 5. The van der Waals surface area contributed by atoms with E-state index in [9.17, 15) is 4.79 Å². The second-order valence-corrected chi connectivity index (χ2v) is 5.64. The van der Waals surface area contributed by atoms with E-state index in [-0.39, 0.29) is 5.97 Å². The summed E-state index contributed by atoms with van der Waals surface area (Å²) < 4.78 is 5.39. The fourth-order valence-corrected chi connectivity index (χ4v) is 2.34. The highest BCUT2D eigenvalue weighted by Gasteiger charge is 2.11. The summed E-state index contributed by atoms with van der Waals surface area (Å²) >= 11 is 0. The van der Waals surface area contributed by atoms with Crippen molar-refractivity contribution in [3.63, 3.8) is 0 Å². The summed E-state index contributed by atoms with van der Waals surface area (Å²) in [7, 11) is 0. The zero-order chi connectivity index (χ0) is 14.3. The van der Waals surface area contributed by atoms with Gasteiger partial charge in [-0.15, -0.1) is 0 Å². The maximum atomic E-state index is 11.4. The van der Waals surface area contributed by atoms with Crippen molar-refractivity contribution in [3.05, 3.63) is 0 Å². The smallest absolute Gasteiger partial charge is 0.305 e. The highest BCUT2D eigenvalue weighted by Crippen LogP contribution is 2.18. The van der Waals surface area contributed by atoms with Gasteiger partial charge in [0, 0.05) is 6.42 Å². The Labute approximate surface area is 120 Å². The maximum Gasteiger partial charge on any atom is 0.305 e.